The van der Waals surface area contributed by atoms with Crippen molar-refractivity contribution in [1.82, 2.24) is 0 Å². The van der Waals surface area contributed by atoms with E-state index in [2.05, 4.69) is 4.90 Å². The average molecular weight is 217 g/mol. The number of Topliss-reactive ketones (excluding diaryl/α,β-unsaturated/α-hetero) is 1. The first-order valence-corrected chi connectivity index (χ1v) is 5.60. The lowest BCUT2D eigenvalue weighted by Crippen LogP contribution is -2.39. The quantitative estimate of drug-likeness (QED) is 0.571. The van der Waals surface area contributed by atoms with E-state index in [9.17, 15) is 9.59 Å². The molecule has 1 heterocycles. The fourth-order valence-electron chi connectivity index (χ4n) is 2.18. The molecule has 1 aromatic rings. The molecule has 1 unspecified atom stereocenters. The van der Waals surface area contributed by atoms with Gasteiger partial charge >= 0.3 is 0 Å². The Hall–Kier alpha value is -1.64. The van der Waals surface area contributed by atoms with Crippen molar-refractivity contribution in [1.29, 1.82) is 0 Å². The first-order valence-electron chi connectivity index (χ1n) is 5.60. The van der Waals surface area contributed by atoms with Crippen LogP contribution in [0.5, 0.6) is 0 Å². The number of piperidine rings is 1. The lowest BCUT2D eigenvalue weighted by molar-refractivity contribution is -0.132. The molecule has 0 amide bonds. The molecule has 0 aromatic heterocycles. The molecule has 84 valence electrons. The fraction of sp³-hybridized carbons (Fsp3) is 0.385. The van der Waals surface area contributed by atoms with Crippen molar-refractivity contribution in [3.05, 3.63) is 30.3 Å². The summed E-state index contributed by atoms with van der Waals surface area (Å²) in [5.41, 5.74) is 1.13. The molecule has 0 bridgehead atoms. The van der Waals surface area contributed by atoms with Crippen LogP contribution in [0.25, 0.3) is 0 Å². The highest BCUT2D eigenvalue weighted by Gasteiger charge is 2.25. The minimum Gasteiger partial charge on any atom is -0.371 e. The van der Waals surface area contributed by atoms with Crippen LogP contribution in [0, 0.1) is 5.92 Å². The molecule has 16 heavy (non-hydrogen) atoms. The molecular weight excluding hydrogens is 202 g/mol. The Balaban J connectivity index is 2.07. The van der Waals surface area contributed by atoms with Gasteiger partial charge in [-0.3, -0.25) is 9.59 Å². The third-order valence-electron chi connectivity index (χ3n) is 3.06. The highest BCUT2D eigenvalue weighted by atomic mass is 16.2. The summed E-state index contributed by atoms with van der Waals surface area (Å²) in [6.45, 7) is 1.63. The summed E-state index contributed by atoms with van der Waals surface area (Å²) in [6.07, 6.45) is 2.26. The molecule has 1 aliphatic rings. The number of carbonyl (C=O) groups is 2. The average Bonchev–Trinajstić information content (AvgIpc) is 2.39. The van der Waals surface area contributed by atoms with Gasteiger partial charge in [-0.1, -0.05) is 18.2 Å². The van der Waals surface area contributed by atoms with Crippen LogP contribution in [0.15, 0.2) is 30.3 Å². The van der Waals surface area contributed by atoms with Crippen LogP contribution in [0.3, 0.4) is 0 Å². The summed E-state index contributed by atoms with van der Waals surface area (Å²) >= 11 is 0. The second-order valence-electron chi connectivity index (χ2n) is 4.14. The van der Waals surface area contributed by atoms with Crippen molar-refractivity contribution in [2.75, 3.05) is 18.0 Å². The molecule has 1 aromatic carbocycles. The van der Waals surface area contributed by atoms with E-state index in [-0.39, 0.29) is 11.7 Å². The summed E-state index contributed by atoms with van der Waals surface area (Å²) in [7, 11) is 0. The van der Waals surface area contributed by atoms with Gasteiger partial charge in [0.2, 0.25) is 0 Å². The SMILES string of the molecule is O=CC(=O)C1CCCN(c2ccccc2)C1. The number of para-hydroxylation sites is 1. The highest BCUT2D eigenvalue weighted by Crippen LogP contribution is 2.22. The van der Waals surface area contributed by atoms with Crippen LogP contribution < -0.4 is 4.90 Å². The number of rotatable bonds is 3. The third kappa shape index (κ3) is 2.30. The van der Waals surface area contributed by atoms with E-state index < -0.39 is 0 Å². The van der Waals surface area contributed by atoms with Crippen molar-refractivity contribution in [3.8, 4) is 0 Å². The molecular formula is C13H15NO2. The molecule has 1 aliphatic heterocycles. The van der Waals surface area contributed by atoms with Crippen molar-refractivity contribution in [2.24, 2.45) is 5.92 Å². The van der Waals surface area contributed by atoms with Crippen LogP contribution in [0.1, 0.15) is 12.8 Å². The van der Waals surface area contributed by atoms with Gasteiger partial charge in [0.1, 0.15) is 0 Å². The number of benzene rings is 1. The molecule has 3 nitrogen and oxygen atoms in total. The molecule has 0 aliphatic carbocycles. The van der Waals surface area contributed by atoms with Crippen LogP contribution in [0.2, 0.25) is 0 Å². The van der Waals surface area contributed by atoms with Crippen LogP contribution in [-0.4, -0.2) is 25.2 Å². The van der Waals surface area contributed by atoms with Crippen molar-refractivity contribution in [3.63, 3.8) is 0 Å². The molecule has 3 heteroatoms. The monoisotopic (exact) mass is 217 g/mol. The summed E-state index contributed by atoms with van der Waals surface area (Å²) in [6, 6.07) is 10.0. The number of hydrogen-bond acceptors (Lipinski definition) is 3. The molecule has 2 rings (SSSR count). The number of carbonyl (C=O) groups excluding carboxylic acids is 2. The van der Waals surface area contributed by atoms with E-state index in [1.165, 1.54) is 0 Å². The van der Waals surface area contributed by atoms with Gasteiger partial charge in [0.25, 0.3) is 0 Å². The van der Waals surface area contributed by atoms with Gasteiger partial charge < -0.3 is 4.90 Å². The zero-order chi connectivity index (χ0) is 11.4. The van der Waals surface area contributed by atoms with Gasteiger partial charge in [0.05, 0.1) is 0 Å². The second-order valence-corrected chi connectivity index (χ2v) is 4.14. The fourth-order valence-corrected chi connectivity index (χ4v) is 2.18. The first-order chi connectivity index (χ1) is 7.81. The Morgan fingerprint density at radius 2 is 2.06 bits per heavy atom. The van der Waals surface area contributed by atoms with Crippen LogP contribution in [0.4, 0.5) is 5.69 Å². The normalized spacial score (nSPS) is 20.5. The first kappa shape index (κ1) is 10.9. The smallest absolute Gasteiger partial charge is 0.200 e. The predicted octanol–water partition coefficient (Wildman–Crippen LogP) is 1.67. The molecule has 1 fully saturated rings. The molecule has 1 saturated heterocycles. The van der Waals surface area contributed by atoms with Crippen molar-refractivity contribution < 1.29 is 9.59 Å². The Kier molecular flexibility index (Phi) is 3.34. The number of anilines is 1. The van der Waals surface area contributed by atoms with E-state index in [4.69, 9.17) is 0 Å². The molecule has 0 spiro atoms. The van der Waals surface area contributed by atoms with Crippen LogP contribution in [-0.2, 0) is 9.59 Å². The number of hydrogen-bond donors (Lipinski definition) is 0. The predicted molar refractivity (Wildman–Crippen MR) is 62.5 cm³/mol. The Bertz CT molecular complexity index is 375. The van der Waals surface area contributed by atoms with Crippen LogP contribution >= 0.6 is 0 Å². The van der Waals surface area contributed by atoms with Gasteiger partial charge in [0.15, 0.2) is 12.1 Å². The molecule has 0 radical (unpaired) electrons. The second kappa shape index (κ2) is 4.92. The number of ketones is 1. The Labute approximate surface area is 95.1 Å². The summed E-state index contributed by atoms with van der Waals surface area (Å²) in [5, 5.41) is 0. The minimum absolute atomic E-state index is 0.119. The highest BCUT2D eigenvalue weighted by molar-refractivity contribution is 6.26. The standard InChI is InChI=1S/C13H15NO2/c15-10-13(16)11-5-4-8-14(9-11)12-6-2-1-3-7-12/h1-3,6-7,10-11H,4-5,8-9H2. The minimum atomic E-state index is -0.263. The zero-order valence-electron chi connectivity index (χ0n) is 9.13. The molecule has 0 N–H and O–H groups in total. The third-order valence-corrected chi connectivity index (χ3v) is 3.06. The van der Waals surface area contributed by atoms with Gasteiger partial charge in [-0.15, -0.1) is 0 Å². The van der Waals surface area contributed by atoms with Gasteiger partial charge in [-0.05, 0) is 25.0 Å². The van der Waals surface area contributed by atoms with Gasteiger partial charge in [0, 0.05) is 24.7 Å². The summed E-state index contributed by atoms with van der Waals surface area (Å²) < 4.78 is 0. The maximum atomic E-state index is 11.3. The van der Waals surface area contributed by atoms with Crippen molar-refractivity contribution >= 4 is 17.8 Å². The van der Waals surface area contributed by atoms with E-state index in [1.54, 1.807) is 0 Å². The summed E-state index contributed by atoms with van der Waals surface area (Å²) in [5.74, 6) is -0.382. The zero-order valence-corrected chi connectivity index (χ0v) is 9.13. The van der Waals surface area contributed by atoms with Gasteiger partial charge in [-0.25, -0.2) is 0 Å². The maximum Gasteiger partial charge on any atom is 0.200 e. The number of aldehydes is 1. The maximum absolute atomic E-state index is 11.3. The Morgan fingerprint density at radius 1 is 1.31 bits per heavy atom. The van der Waals surface area contributed by atoms with Gasteiger partial charge in [-0.2, -0.15) is 0 Å². The van der Waals surface area contributed by atoms with E-state index in [0.29, 0.717) is 12.8 Å². The number of nitrogens with zero attached hydrogens (tertiary/aromatic N) is 1. The topological polar surface area (TPSA) is 37.4 Å². The molecule has 0 saturated carbocycles. The lowest BCUT2D eigenvalue weighted by atomic mass is 9.94. The molecule has 1 atom stereocenters. The summed E-state index contributed by atoms with van der Waals surface area (Å²) in [4.78, 5) is 24.0. The Morgan fingerprint density at radius 3 is 2.75 bits per heavy atom. The van der Waals surface area contributed by atoms with Crippen molar-refractivity contribution in [2.45, 2.75) is 12.8 Å². The lowest BCUT2D eigenvalue weighted by Gasteiger charge is -2.32. The largest absolute Gasteiger partial charge is 0.371 e. The van der Waals surface area contributed by atoms with E-state index >= 15 is 0 Å². The van der Waals surface area contributed by atoms with E-state index in [0.717, 1.165) is 25.1 Å². The van der Waals surface area contributed by atoms with E-state index in [1.807, 2.05) is 30.3 Å².